The number of nitrogens with zero attached hydrogens (tertiary/aromatic N) is 3. The lowest BCUT2D eigenvalue weighted by atomic mass is 9.89. The van der Waals surface area contributed by atoms with Crippen LogP contribution in [0.4, 0.5) is 0 Å². The Hall–Kier alpha value is -2.87. The number of carbonyl (C=O) groups is 2. The highest BCUT2D eigenvalue weighted by Crippen LogP contribution is 2.37. The summed E-state index contributed by atoms with van der Waals surface area (Å²) in [5, 5.41) is 16.8. The highest BCUT2D eigenvalue weighted by Gasteiger charge is 2.43. The third-order valence-electron chi connectivity index (χ3n) is 7.36. The van der Waals surface area contributed by atoms with E-state index in [4.69, 9.17) is 4.74 Å². The molecule has 2 aromatic rings. The van der Waals surface area contributed by atoms with E-state index in [1.807, 2.05) is 41.0 Å². The van der Waals surface area contributed by atoms with Gasteiger partial charge in [0.2, 0.25) is 5.91 Å². The summed E-state index contributed by atoms with van der Waals surface area (Å²) in [5.41, 5.74) is 1.79. The highest BCUT2D eigenvalue weighted by atomic mass is 16.5. The third kappa shape index (κ3) is 4.62. The topological polar surface area (TPSA) is 98.8 Å². The van der Waals surface area contributed by atoms with Crippen LogP contribution in [0.15, 0.2) is 30.3 Å². The number of aryl methyl sites for hydroxylation is 1. The van der Waals surface area contributed by atoms with Crippen molar-refractivity contribution >= 4 is 11.8 Å². The van der Waals surface area contributed by atoms with Crippen molar-refractivity contribution in [3.63, 3.8) is 0 Å². The molecule has 8 nitrogen and oxygen atoms in total. The molecule has 2 atom stereocenters. The number of para-hydroxylation sites is 1. The molecule has 5 rings (SSSR count). The minimum absolute atomic E-state index is 0.0732. The van der Waals surface area contributed by atoms with Crippen LogP contribution in [-0.4, -0.2) is 68.3 Å². The fourth-order valence-electron chi connectivity index (χ4n) is 5.46. The van der Waals surface area contributed by atoms with Crippen molar-refractivity contribution in [2.24, 2.45) is 5.92 Å². The normalized spacial score (nSPS) is 24.3. The van der Waals surface area contributed by atoms with E-state index in [0.29, 0.717) is 57.6 Å². The van der Waals surface area contributed by atoms with Crippen LogP contribution >= 0.6 is 0 Å². The lowest BCUT2D eigenvalue weighted by Crippen LogP contribution is -2.55. The van der Waals surface area contributed by atoms with Gasteiger partial charge in [0.25, 0.3) is 5.91 Å². The van der Waals surface area contributed by atoms with Gasteiger partial charge in [-0.2, -0.15) is 5.10 Å². The Morgan fingerprint density at radius 2 is 2.00 bits per heavy atom. The molecule has 3 heterocycles. The summed E-state index contributed by atoms with van der Waals surface area (Å²) >= 11 is 0. The van der Waals surface area contributed by atoms with Crippen LogP contribution < -0.4 is 4.74 Å². The quantitative estimate of drug-likeness (QED) is 0.746. The zero-order valence-electron chi connectivity index (χ0n) is 19.1. The van der Waals surface area contributed by atoms with E-state index in [1.165, 1.54) is 0 Å². The molecule has 2 fully saturated rings. The molecule has 1 saturated heterocycles. The number of nitrogens with one attached hydrogen (secondary N) is 1. The van der Waals surface area contributed by atoms with Crippen molar-refractivity contribution in [3.8, 4) is 5.75 Å². The third-order valence-corrected chi connectivity index (χ3v) is 7.36. The van der Waals surface area contributed by atoms with Crippen LogP contribution in [-0.2, 0) is 11.3 Å². The first-order valence-electron chi connectivity index (χ1n) is 11.9. The second-order valence-electron chi connectivity index (χ2n) is 9.91. The summed E-state index contributed by atoms with van der Waals surface area (Å²) in [4.78, 5) is 29.9. The lowest BCUT2D eigenvalue weighted by Gasteiger charge is -2.42. The summed E-state index contributed by atoms with van der Waals surface area (Å²) in [6.07, 6.45) is 3.91. The number of likely N-dealkylation sites (tertiary alicyclic amines) is 1. The van der Waals surface area contributed by atoms with E-state index in [9.17, 15) is 14.7 Å². The summed E-state index contributed by atoms with van der Waals surface area (Å²) in [6.45, 7) is 4.04. The van der Waals surface area contributed by atoms with Gasteiger partial charge in [-0.3, -0.25) is 14.7 Å². The van der Waals surface area contributed by atoms with Crippen LogP contribution in [0.2, 0.25) is 0 Å². The molecule has 176 valence electrons. The van der Waals surface area contributed by atoms with Crippen molar-refractivity contribution < 1.29 is 19.4 Å². The van der Waals surface area contributed by atoms with E-state index < -0.39 is 5.60 Å². The number of aliphatic hydroxyl groups excluding tert-OH is 1. The summed E-state index contributed by atoms with van der Waals surface area (Å²) in [6, 6.07) is 9.70. The maximum absolute atomic E-state index is 13.3. The van der Waals surface area contributed by atoms with Crippen molar-refractivity contribution in [3.05, 3.63) is 47.3 Å². The number of aromatic nitrogens is 2. The van der Waals surface area contributed by atoms with Gasteiger partial charge in [-0.05, 0) is 44.2 Å². The zero-order valence-corrected chi connectivity index (χ0v) is 19.1. The van der Waals surface area contributed by atoms with Gasteiger partial charge in [0.05, 0.1) is 12.6 Å². The maximum Gasteiger partial charge on any atom is 0.274 e. The lowest BCUT2D eigenvalue weighted by molar-refractivity contribution is -0.136. The molecule has 3 aliphatic rings. The van der Waals surface area contributed by atoms with Gasteiger partial charge >= 0.3 is 0 Å². The van der Waals surface area contributed by atoms with Crippen molar-refractivity contribution in [2.75, 3.05) is 19.6 Å². The number of hydrogen-bond donors (Lipinski definition) is 2. The summed E-state index contributed by atoms with van der Waals surface area (Å²) in [5.74, 6) is 1.13. The number of hydrogen-bond acceptors (Lipinski definition) is 5. The number of rotatable bonds is 3. The molecule has 1 aromatic heterocycles. The van der Waals surface area contributed by atoms with Gasteiger partial charge in [0.15, 0.2) is 0 Å². The number of fused-ring (bicyclic) bond motifs is 1. The highest BCUT2D eigenvalue weighted by molar-refractivity contribution is 5.92. The minimum atomic E-state index is -0.518. The molecule has 1 aliphatic carbocycles. The SMILES string of the molecule is Cc1cc(C(=O)N2CCC3(CC2)CN(C(=O)CC2CCC(O)C2)Cc2ccccc2O3)n[nH]1. The van der Waals surface area contributed by atoms with E-state index >= 15 is 0 Å². The van der Waals surface area contributed by atoms with Gasteiger partial charge in [0, 0.05) is 50.2 Å². The molecule has 8 heteroatoms. The molecule has 1 saturated carbocycles. The Kier molecular flexibility index (Phi) is 5.86. The molecule has 0 radical (unpaired) electrons. The molecule has 2 unspecified atom stereocenters. The van der Waals surface area contributed by atoms with E-state index in [0.717, 1.165) is 29.8 Å². The molecule has 33 heavy (non-hydrogen) atoms. The molecule has 1 aromatic carbocycles. The number of amides is 2. The minimum Gasteiger partial charge on any atom is -0.485 e. The first-order valence-corrected chi connectivity index (χ1v) is 11.9. The molecule has 2 aliphatic heterocycles. The van der Waals surface area contributed by atoms with Crippen LogP contribution in [0.25, 0.3) is 0 Å². The first kappa shape index (κ1) is 21.9. The Morgan fingerprint density at radius 3 is 2.70 bits per heavy atom. The molecule has 1 spiro atoms. The number of benzene rings is 1. The number of ether oxygens (including phenoxy) is 1. The average molecular weight is 453 g/mol. The van der Waals surface area contributed by atoms with Gasteiger partial charge in [-0.25, -0.2) is 0 Å². The smallest absolute Gasteiger partial charge is 0.274 e. The number of aromatic amines is 1. The molecule has 2 N–H and O–H groups in total. The number of H-pyrrole nitrogens is 1. The molecular formula is C25H32N4O4. The largest absolute Gasteiger partial charge is 0.485 e. The standard InChI is InChI=1S/C25H32N4O4/c1-17-12-21(27-26-17)24(32)28-10-8-25(9-11-28)16-29(15-19-4-2-3-5-22(19)33-25)23(31)14-18-6-7-20(30)13-18/h2-5,12,18,20,30H,6-11,13-16H2,1H3,(H,26,27). The van der Waals surface area contributed by atoms with Gasteiger partial charge in [-0.15, -0.1) is 0 Å². The van der Waals surface area contributed by atoms with Crippen molar-refractivity contribution in [1.82, 2.24) is 20.0 Å². The number of aliphatic hydroxyl groups is 1. The number of carbonyl (C=O) groups excluding carboxylic acids is 2. The van der Waals surface area contributed by atoms with Crippen molar-refractivity contribution in [1.29, 1.82) is 0 Å². The average Bonchev–Trinajstić information content (AvgIpc) is 3.38. The first-order chi connectivity index (χ1) is 15.9. The zero-order chi connectivity index (χ0) is 23.0. The van der Waals surface area contributed by atoms with Crippen LogP contribution in [0.1, 0.15) is 60.3 Å². The van der Waals surface area contributed by atoms with Gasteiger partial charge in [0.1, 0.15) is 17.0 Å². The van der Waals surface area contributed by atoms with Gasteiger partial charge < -0.3 is 19.6 Å². The van der Waals surface area contributed by atoms with E-state index in [-0.39, 0.29) is 23.8 Å². The summed E-state index contributed by atoms with van der Waals surface area (Å²) < 4.78 is 6.60. The Morgan fingerprint density at radius 1 is 1.21 bits per heavy atom. The Labute approximate surface area is 193 Å². The van der Waals surface area contributed by atoms with E-state index in [1.54, 1.807) is 6.07 Å². The molecule has 2 amide bonds. The fourth-order valence-corrected chi connectivity index (χ4v) is 5.46. The van der Waals surface area contributed by atoms with Crippen LogP contribution in [0.3, 0.4) is 0 Å². The predicted octanol–water partition coefficient (Wildman–Crippen LogP) is 2.67. The van der Waals surface area contributed by atoms with Gasteiger partial charge in [-0.1, -0.05) is 18.2 Å². The monoisotopic (exact) mass is 452 g/mol. The van der Waals surface area contributed by atoms with Crippen LogP contribution in [0.5, 0.6) is 5.75 Å². The second-order valence-corrected chi connectivity index (χ2v) is 9.91. The summed E-state index contributed by atoms with van der Waals surface area (Å²) in [7, 11) is 0. The van der Waals surface area contributed by atoms with E-state index in [2.05, 4.69) is 10.2 Å². The Balaban J connectivity index is 1.32. The fraction of sp³-hybridized carbons (Fsp3) is 0.560. The molecule has 0 bridgehead atoms. The predicted molar refractivity (Wildman–Crippen MR) is 122 cm³/mol. The Bertz CT molecular complexity index is 1030. The number of piperidine rings is 1. The molecular weight excluding hydrogens is 420 g/mol. The second kappa shape index (κ2) is 8.82. The maximum atomic E-state index is 13.3. The van der Waals surface area contributed by atoms with Crippen LogP contribution in [0, 0.1) is 12.8 Å². The van der Waals surface area contributed by atoms with Crippen molar-refractivity contribution in [2.45, 2.75) is 63.7 Å².